The number of halogens is 1. The number of nitrogens with one attached hydrogen (secondary N) is 1. The molecule has 0 saturated heterocycles. The maximum absolute atomic E-state index is 12.5. The van der Waals surface area contributed by atoms with Crippen molar-refractivity contribution in [2.24, 2.45) is 0 Å². The van der Waals surface area contributed by atoms with E-state index in [4.69, 9.17) is 16.3 Å². The molecular weight excluding hydrogens is 358 g/mol. The standard InChI is InChI=1S/C17H12ClN5O3/c18-12-3-1-2-11(6-12)17-20-22-23(21-17)8-14(24)10-4-5-15-13(7-10)19-16(25)9-26-15/h1-7H,8-9H2,(H,19,25). The lowest BCUT2D eigenvalue weighted by Crippen LogP contribution is -2.25. The molecular formula is C17H12ClN5O3. The number of ketones is 1. The molecule has 0 aliphatic carbocycles. The van der Waals surface area contributed by atoms with Gasteiger partial charge in [-0.15, -0.1) is 10.2 Å². The summed E-state index contributed by atoms with van der Waals surface area (Å²) in [4.78, 5) is 25.1. The number of benzene rings is 2. The third-order valence-electron chi connectivity index (χ3n) is 3.76. The van der Waals surface area contributed by atoms with Crippen LogP contribution in [0.25, 0.3) is 11.4 Å². The molecule has 9 heteroatoms. The molecule has 4 rings (SSSR count). The summed E-state index contributed by atoms with van der Waals surface area (Å²) >= 11 is 5.96. The first-order valence-electron chi connectivity index (χ1n) is 7.72. The summed E-state index contributed by atoms with van der Waals surface area (Å²) in [6.07, 6.45) is 0. The number of carbonyl (C=O) groups is 2. The van der Waals surface area contributed by atoms with Gasteiger partial charge in [0, 0.05) is 16.1 Å². The third kappa shape index (κ3) is 3.27. The van der Waals surface area contributed by atoms with E-state index < -0.39 is 0 Å². The number of hydrogen-bond acceptors (Lipinski definition) is 6. The van der Waals surface area contributed by atoms with Gasteiger partial charge in [-0.1, -0.05) is 23.7 Å². The van der Waals surface area contributed by atoms with Crippen LogP contribution in [0.3, 0.4) is 0 Å². The lowest BCUT2D eigenvalue weighted by atomic mass is 10.1. The number of carbonyl (C=O) groups excluding carboxylic acids is 2. The van der Waals surface area contributed by atoms with Gasteiger partial charge in [-0.3, -0.25) is 9.59 Å². The number of Topliss-reactive ketones (excluding diaryl/α,β-unsaturated/α-hetero) is 1. The normalized spacial score (nSPS) is 12.9. The molecule has 1 aromatic heterocycles. The van der Waals surface area contributed by atoms with Crippen molar-refractivity contribution in [3.05, 3.63) is 53.1 Å². The van der Waals surface area contributed by atoms with Crippen molar-refractivity contribution >= 4 is 29.0 Å². The number of amides is 1. The van der Waals surface area contributed by atoms with Gasteiger partial charge in [-0.25, -0.2) is 0 Å². The second-order valence-electron chi connectivity index (χ2n) is 5.62. The Kier molecular flexibility index (Phi) is 4.10. The van der Waals surface area contributed by atoms with Gasteiger partial charge < -0.3 is 10.1 Å². The predicted octanol–water partition coefficient (Wildman–Crippen LogP) is 2.21. The van der Waals surface area contributed by atoms with Crippen LogP contribution in [0.15, 0.2) is 42.5 Å². The van der Waals surface area contributed by atoms with E-state index in [1.54, 1.807) is 42.5 Å². The highest BCUT2D eigenvalue weighted by Gasteiger charge is 2.18. The second-order valence-corrected chi connectivity index (χ2v) is 6.06. The van der Waals surface area contributed by atoms with E-state index in [1.807, 2.05) is 0 Å². The number of anilines is 1. The zero-order valence-corrected chi connectivity index (χ0v) is 14.1. The van der Waals surface area contributed by atoms with Crippen molar-refractivity contribution in [1.29, 1.82) is 0 Å². The van der Waals surface area contributed by atoms with Crippen molar-refractivity contribution in [2.75, 3.05) is 11.9 Å². The van der Waals surface area contributed by atoms with Gasteiger partial charge >= 0.3 is 0 Å². The first-order valence-corrected chi connectivity index (χ1v) is 8.10. The number of aromatic nitrogens is 4. The first kappa shape index (κ1) is 16.2. The fraction of sp³-hybridized carbons (Fsp3) is 0.118. The largest absolute Gasteiger partial charge is 0.482 e. The molecule has 2 aromatic carbocycles. The van der Waals surface area contributed by atoms with Crippen LogP contribution in [0.1, 0.15) is 10.4 Å². The minimum atomic E-state index is -0.258. The van der Waals surface area contributed by atoms with E-state index >= 15 is 0 Å². The van der Waals surface area contributed by atoms with Crippen molar-refractivity contribution < 1.29 is 14.3 Å². The summed E-state index contributed by atoms with van der Waals surface area (Å²) < 4.78 is 5.28. The van der Waals surface area contributed by atoms with Gasteiger partial charge in [0.1, 0.15) is 12.3 Å². The minimum Gasteiger partial charge on any atom is -0.482 e. The van der Waals surface area contributed by atoms with E-state index in [-0.39, 0.29) is 24.8 Å². The number of ether oxygens (including phenoxy) is 1. The highest BCUT2D eigenvalue weighted by Crippen LogP contribution is 2.28. The molecule has 2 heterocycles. The number of fused-ring (bicyclic) bond motifs is 1. The Morgan fingerprint density at radius 2 is 2.15 bits per heavy atom. The molecule has 0 atom stereocenters. The molecule has 26 heavy (non-hydrogen) atoms. The third-order valence-corrected chi connectivity index (χ3v) is 3.99. The molecule has 1 aliphatic heterocycles. The topological polar surface area (TPSA) is 99.0 Å². The number of hydrogen-bond donors (Lipinski definition) is 1. The van der Waals surface area contributed by atoms with Crippen molar-refractivity contribution in [1.82, 2.24) is 20.2 Å². The molecule has 0 fully saturated rings. The SMILES string of the molecule is O=C1COc2ccc(C(=O)Cn3nnc(-c4cccc(Cl)c4)n3)cc2N1. The fourth-order valence-electron chi connectivity index (χ4n) is 2.53. The van der Waals surface area contributed by atoms with E-state index in [1.165, 1.54) is 4.80 Å². The zero-order valence-electron chi connectivity index (χ0n) is 13.3. The van der Waals surface area contributed by atoms with E-state index in [0.717, 1.165) is 0 Å². The molecule has 1 aliphatic rings. The van der Waals surface area contributed by atoms with E-state index in [2.05, 4.69) is 20.7 Å². The van der Waals surface area contributed by atoms with Gasteiger partial charge in [-0.05, 0) is 35.5 Å². The highest BCUT2D eigenvalue weighted by molar-refractivity contribution is 6.30. The Morgan fingerprint density at radius 1 is 1.27 bits per heavy atom. The van der Waals surface area contributed by atoms with Crippen LogP contribution >= 0.6 is 11.6 Å². The van der Waals surface area contributed by atoms with Crippen LogP contribution in [0.2, 0.25) is 5.02 Å². The van der Waals surface area contributed by atoms with Crippen molar-refractivity contribution in [2.45, 2.75) is 6.54 Å². The summed E-state index contributed by atoms with van der Waals surface area (Å²) in [5, 5.41) is 15.3. The summed E-state index contributed by atoms with van der Waals surface area (Å²) in [5.74, 6) is 0.434. The Hall–Kier alpha value is -3.26. The predicted molar refractivity (Wildman–Crippen MR) is 93.2 cm³/mol. The monoisotopic (exact) mass is 369 g/mol. The molecule has 0 bridgehead atoms. The van der Waals surface area contributed by atoms with Crippen LogP contribution in [-0.2, 0) is 11.3 Å². The average molecular weight is 370 g/mol. The molecule has 1 amide bonds. The summed E-state index contributed by atoms with van der Waals surface area (Å²) in [6, 6.07) is 11.9. The average Bonchev–Trinajstić information content (AvgIpc) is 3.09. The number of rotatable bonds is 4. The maximum atomic E-state index is 12.5. The molecule has 1 N–H and O–H groups in total. The van der Waals surface area contributed by atoms with Crippen LogP contribution in [-0.4, -0.2) is 38.5 Å². The number of nitrogens with zero attached hydrogens (tertiary/aromatic N) is 4. The Morgan fingerprint density at radius 3 is 3.00 bits per heavy atom. The molecule has 8 nitrogen and oxygen atoms in total. The number of tetrazole rings is 1. The summed E-state index contributed by atoms with van der Waals surface area (Å²) in [5.41, 5.74) is 1.60. The smallest absolute Gasteiger partial charge is 0.262 e. The highest BCUT2D eigenvalue weighted by atomic mass is 35.5. The van der Waals surface area contributed by atoms with Crippen molar-refractivity contribution in [3.8, 4) is 17.1 Å². The first-order chi connectivity index (χ1) is 12.6. The molecule has 0 spiro atoms. The van der Waals surface area contributed by atoms with Crippen LogP contribution in [0.4, 0.5) is 5.69 Å². The molecule has 0 saturated carbocycles. The second kappa shape index (κ2) is 6.57. The molecule has 130 valence electrons. The summed E-state index contributed by atoms with van der Waals surface area (Å²) in [7, 11) is 0. The lowest BCUT2D eigenvalue weighted by Gasteiger charge is -2.18. The fourth-order valence-corrected chi connectivity index (χ4v) is 2.72. The quantitative estimate of drug-likeness (QED) is 0.708. The maximum Gasteiger partial charge on any atom is 0.262 e. The molecule has 3 aromatic rings. The van der Waals surface area contributed by atoms with Gasteiger partial charge in [0.25, 0.3) is 5.91 Å². The van der Waals surface area contributed by atoms with Crippen LogP contribution < -0.4 is 10.1 Å². The van der Waals surface area contributed by atoms with E-state index in [0.29, 0.717) is 33.4 Å². The lowest BCUT2D eigenvalue weighted by molar-refractivity contribution is -0.118. The van der Waals surface area contributed by atoms with Crippen LogP contribution in [0, 0.1) is 0 Å². The Balaban J connectivity index is 1.52. The van der Waals surface area contributed by atoms with Gasteiger partial charge in [0.05, 0.1) is 5.69 Å². The van der Waals surface area contributed by atoms with Gasteiger partial charge in [0.2, 0.25) is 5.82 Å². The minimum absolute atomic E-state index is 0.0323. The van der Waals surface area contributed by atoms with Crippen LogP contribution in [0.5, 0.6) is 5.75 Å². The Bertz CT molecular complexity index is 1020. The van der Waals surface area contributed by atoms with Gasteiger partial charge in [-0.2, -0.15) is 4.80 Å². The van der Waals surface area contributed by atoms with Gasteiger partial charge in [0.15, 0.2) is 12.4 Å². The molecule has 0 radical (unpaired) electrons. The Labute approximate surface area is 152 Å². The zero-order chi connectivity index (χ0) is 18.1. The van der Waals surface area contributed by atoms with Crippen molar-refractivity contribution in [3.63, 3.8) is 0 Å². The van der Waals surface area contributed by atoms with E-state index in [9.17, 15) is 9.59 Å². The summed E-state index contributed by atoms with van der Waals surface area (Å²) in [6.45, 7) is -0.114. The molecule has 0 unspecified atom stereocenters.